The van der Waals surface area contributed by atoms with Gasteiger partial charge in [0, 0.05) is 56.1 Å². The van der Waals surface area contributed by atoms with E-state index in [0.717, 1.165) is 24.6 Å². The quantitative estimate of drug-likeness (QED) is 0.755. The Morgan fingerprint density at radius 1 is 0.929 bits per heavy atom. The van der Waals surface area contributed by atoms with Gasteiger partial charge in [-0.3, -0.25) is 0 Å². The molecule has 2 aliphatic heterocycles. The molecule has 28 heavy (non-hydrogen) atoms. The van der Waals surface area contributed by atoms with E-state index in [0.29, 0.717) is 37.1 Å². The van der Waals surface area contributed by atoms with Crippen molar-refractivity contribution in [2.45, 2.75) is 24.7 Å². The van der Waals surface area contributed by atoms with Gasteiger partial charge in [-0.25, -0.2) is 13.4 Å². The Balaban J connectivity index is 1.48. The van der Waals surface area contributed by atoms with Crippen LogP contribution in [0.15, 0.2) is 35.2 Å². The van der Waals surface area contributed by atoms with E-state index in [1.165, 1.54) is 23.2 Å². The van der Waals surface area contributed by atoms with Crippen LogP contribution in [0.2, 0.25) is 5.02 Å². The van der Waals surface area contributed by atoms with Crippen LogP contribution in [0.1, 0.15) is 18.5 Å². The van der Waals surface area contributed by atoms with E-state index >= 15 is 0 Å². The van der Waals surface area contributed by atoms with Crippen molar-refractivity contribution in [1.29, 1.82) is 0 Å². The molecule has 2 fully saturated rings. The van der Waals surface area contributed by atoms with Crippen molar-refractivity contribution in [2.75, 3.05) is 49.1 Å². The molecular weight excluding hydrogens is 398 g/mol. The molecule has 0 saturated carbocycles. The predicted molar refractivity (Wildman–Crippen MR) is 111 cm³/mol. The summed E-state index contributed by atoms with van der Waals surface area (Å²) in [6.07, 6.45) is 2.39. The number of aryl methyl sites for hydroxylation is 1. The molecule has 2 aromatic rings. The summed E-state index contributed by atoms with van der Waals surface area (Å²) < 4.78 is 27.3. The molecule has 0 aliphatic carbocycles. The minimum absolute atomic E-state index is 0.233. The predicted octanol–water partition coefficient (Wildman–Crippen LogP) is 2.55. The normalized spacial score (nSPS) is 18.6. The molecule has 7 nitrogen and oxygen atoms in total. The maximum atomic E-state index is 12.9. The highest BCUT2D eigenvalue weighted by Gasteiger charge is 2.30. The summed E-state index contributed by atoms with van der Waals surface area (Å²) in [6, 6.07) is 8.43. The van der Waals surface area contributed by atoms with E-state index in [2.05, 4.69) is 14.8 Å². The maximum Gasteiger partial charge on any atom is 0.243 e. The summed E-state index contributed by atoms with van der Waals surface area (Å²) in [5.41, 5.74) is 0.931. The number of benzene rings is 1. The molecule has 2 saturated heterocycles. The first kappa shape index (κ1) is 19.4. The van der Waals surface area contributed by atoms with Gasteiger partial charge in [-0.05, 0) is 38.0 Å². The highest BCUT2D eigenvalue weighted by molar-refractivity contribution is 7.89. The Bertz CT molecular complexity index is 955. The number of piperazine rings is 1. The van der Waals surface area contributed by atoms with E-state index in [-0.39, 0.29) is 4.90 Å². The van der Waals surface area contributed by atoms with Crippen LogP contribution in [0.4, 0.5) is 11.8 Å². The topological polar surface area (TPSA) is 69.6 Å². The van der Waals surface area contributed by atoms with Gasteiger partial charge in [-0.1, -0.05) is 17.7 Å². The third-order valence-corrected chi connectivity index (χ3v) is 7.34. The maximum absolute atomic E-state index is 12.9. The zero-order valence-corrected chi connectivity index (χ0v) is 17.5. The second kappa shape index (κ2) is 7.85. The summed E-state index contributed by atoms with van der Waals surface area (Å²) in [7, 11) is -3.55. The second-order valence-corrected chi connectivity index (χ2v) is 9.58. The Labute approximate surface area is 171 Å². The lowest BCUT2D eigenvalue weighted by atomic mass is 10.3. The minimum atomic E-state index is -3.55. The smallest absolute Gasteiger partial charge is 0.243 e. The molecule has 0 amide bonds. The number of halogens is 1. The van der Waals surface area contributed by atoms with Crippen LogP contribution in [0.5, 0.6) is 0 Å². The van der Waals surface area contributed by atoms with Crippen molar-refractivity contribution in [1.82, 2.24) is 14.3 Å². The van der Waals surface area contributed by atoms with E-state index in [4.69, 9.17) is 16.6 Å². The molecule has 4 rings (SSSR count). The molecule has 3 heterocycles. The third-order valence-electron chi connectivity index (χ3n) is 5.21. The number of anilines is 2. The first-order valence-corrected chi connectivity index (χ1v) is 11.4. The summed E-state index contributed by atoms with van der Waals surface area (Å²) in [6.45, 7) is 5.94. The average Bonchev–Trinajstić information content (AvgIpc) is 3.22. The molecule has 2 aliphatic rings. The Morgan fingerprint density at radius 3 is 2.32 bits per heavy atom. The van der Waals surface area contributed by atoms with E-state index in [1.807, 2.05) is 13.0 Å². The van der Waals surface area contributed by atoms with Gasteiger partial charge in [0.15, 0.2) is 0 Å². The lowest BCUT2D eigenvalue weighted by molar-refractivity contribution is 0.382. The number of hydrogen-bond acceptors (Lipinski definition) is 6. The Morgan fingerprint density at radius 2 is 1.64 bits per heavy atom. The van der Waals surface area contributed by atoms with Crippen LogP contribution in [0, 0.1) is 6.92 Å². The number of rotatable bonds is 4. The lowest BCUT2D eigenvalue weighted by Crippen LogP contribution is -2.49. The van der Waals surface area contributed by atoms with Crippen molar-refractivity contribution >= 4 is 33.4 Å². The summed E-state index contributed by atoms with van der Waals surface area (Å²) in [5, 5.41) is 0.419. The molecule has 9 heteroatoms. The van der Waals surface area contributed by atoms with Crippen molar-refractivity contribution in [2.24, 2.45) is 0 Å². The van der Waals surface area contributed by atoms with Crippen molar-refractivity contribution < 1.29 is 8.42 Å². The largest absolute Gasteiger partial charge is 0.356 e. The fourth-order valence-corrected chi connectivity index (χ4v) is 5.41. The van der Waals surface area contributed by atoms with Gasteiger partial charge in [0.2, 0.25) is 16.0 Å². The molecule has 0 unspecified atom stereocenters. The molecule has 0 spiro atoms. The summed E-state index contributed by atoms with van der Waals surface area (Å²) >= 11 is 5.96. The van der Waals surface area contributed by atoms with Gasteiger partial charge < -0.3 is 9.80 Å². The first-order chi connectivity index (χ1) is 13.4. The van der Waals surface area contributed by atoms with Gasteiger partial charge >= 0.3 is 0 Å². The first-order valence-electron chi connectivity index (χ1n) is 9.55. The fourth-order valence-electron chi connectivity index (χ4n) is 3.69. The van der Waals surface area contributed by atoms with Crippen molar-refractivity contribution in [3.63, 3.8) is 0 Å². The van der Waals surface area contributed by atoms with Crippen molar-refractivity contribution in [3.8, 4) is 0 Å². The van der Waals surface area contributed by atoms with Crippen LogP contribution in [0.3, 0.4) is 0 Å². The lowest BCUT2D eigenvalue weighted by Gasteiger charge is -2.34. The zero-order chi connectivity index (χ0) is 19.7. The average molecular weight is 422 g/mol. The molecule has 0 radical (unpaired) electrons. The minimum Gasteiger partial charge on any atom is -0.356 e. The van der Waals surface area contributed by atoms with E-state index in [9.17, 15) is 8.42 Å². The molecule has 150 valence electrons. The molecular formula is C19H24ClN5O2S. The Kier molecular flexibility index (Phi) is 5.44. The molecule has 0 bridgehead atoms. The van der Waals surface area contributed by atoms with Crippen LogP contribution in [0.25, 0.3) is 0 Å². The third kappa shape index (κ3) is 3.94. The molecule has 1 aromatic heterocycles. The van der Waals surface area contributed by atoms with Gasteiger partial charge in [0.1, 0.15) is 5.82 Å². The van der Waals surface area contributed by atoms with Crippen molar-refractivity contribution in [3.05, 3.63) is 41.0 Å². The van der Waals surface area contributed by atoms with E-state index in [1.54, 1.807) is 18.2 Å². The highest BCUT2D eigenvalue weighted by Crippen LogP contribution is 2.24. The van der Waals surface area contributed by atoms with Gasteiger partial charge in [-0.15, -0.1) is 0 Å². The van der Waals surface area contributed by atoms with Gasteiger partial charge in [-0.2, -0.15) is 9.29 Å². The Hall–Kier alpha value is -1.90. The van der Waals surface area contributed by atoms with Crippen LogP contribution in [-0.2, 0) is 10.0 Å². The summed E-state index contributed by atoms with van der Waals surface area (Å²) in [5.74, 6) is 1.65. The fraction of sp³-hybridized carbons (Fsp3) is 0.474. The van der Waals surface area contributed by atoms with E-state index < -0.39 is 10.0 Å². The number of hydrogen-bond donors (Lipinski definition) is 0. The van der Waals surface area contributed by atoms with Gasteiger partial charge in [0.05, 0.1) is 4.90 Å². The molecule has 0 N–H and O–H groups in total. The summed E-state index contributed by atoms with van der Waals surface area (Å²) in [4.78, 5) is 13.9. The second-order valence-electron chi connectivity index (χ2n) is 7.21. The van der Waals surface area contributed by atoms with Crippen LogP contribution >= 0.6 is 11.6 Å². The number of aromatic nitrogens is 2. The van der Waals surface area contributed by atoms with Crippen LogP contribution < -0.4 is 9.80 Å². The molecule has 1 aromatic carbocycles. The number of nitrogens with zero attached hydrogens (tertiary/aromatic N) is 5. The van der Waals surface area contributed by atoms with Crippen LogP contribution in [-0.4, -0.2) is 62.0 Å². The highest BCUT2D eigenvalue weighted by atomic mass is 35.5. The monoisotopic (exact) mass is 421 g/mol. The standard InChI is InChI=1S/C19H24ClN5O2S/c1-15-13-18(23-7-2-3-8-23)22-19(21-15)24-9-11-25(12-10-24)28(26,27)17-6-4-5-16(20)14-17/h4-6,13-14H,2-3,7-12H2,1H3. The number of sulfonamides is 1. The molecule has 0 atom stereocenters. The van der Waals surface area contributed by atoms with Gasteiger partial charge in [0.25, 0.3) is 0 Å². The zero-order valence-electron chi connectivity index (χ0n) is 15.9. The SMILES string of the molecule is Cc1cc(N2CCCC2)nc(N2CCN(S(=O)(=O)c3cccc(Cl)c3)CC2)n1.